The molecule has 0 aliphatic rings. The minimum Gasteiger partial charge on any atom is -0.478 e. The highest BCUT2D eigenvalue weighted by Crippen LogP contribution is 2.25. The Balaban J connectivity index is 2.65. The molecule has 0 unspecified atom stereocenters. The molecule has 2 rings (SSSR count). The number of esters is 1. The number of carboxylic acid groups (broad SMARTS) is 1. The smallest absolute Gasteiger partial charge is 0.336 e. The summed E-state index contributed by atoms with van der Waals surface area (Å²) in [4.78, 5) is 22.7. The van der Waals surface area contributed by atoms with Crippen molar-refractivity contribution in [1.82, 2.24) is 0 Å². The monoisotopic (exact) mass is 270 g/mol. The Labute approximate surface area is 116 Å². The quantitative estimate of drug-likeness (QED) is 0.687. The molecule has 4 heteroatoms. The molecule has 20 heavy (non-hydrogen) atoms. The summed E-state index contributed by atoms with van der Waals surface area (Å²) in [5.41, 5.74) is 1.49. The summed E-state index contributed by atoms with van der Waals surface area (Å²) < 4.78 is 4.66. The predicted molar refractivity (Wildman–Crippen MR) is 76.6 cm³/mol. The van der Waals surface area contributed by atoms with Gasteiger partial charge in [-0.25, -0.2) is 9.59 Å². The summed E-state index contributed by atoms with van der Waals surface area (Å²) in [5.74, 6) is -1.38. The molecule has 0 atom stereocenters. The van der Waals surface area contributed by atoms with Crippen LogP contribution in [0.25, 0.3) is 16.8 Å². The van der Waals surface area contributed by atoms with E-state index < -0.39 is 11.9 Å². The highest BCUT2D eigenvalue weighted by atomic mass is 16.5. The van der Waals surface area contributed by atoms with Gasteiger partial charge in [0, 0.05) is 5.57 Å². The standard InChI is InChI=1S/C16H14O4/c1-10(16(19)20-2)9-11-7-8-14(15(17)18)13-6-4-3-5-12(11)13/h3-9H,1-2H3,(H,17,18). The molecule has 0 amide bonds. The molecule has 0 aliphatic heterocycles. The van der Waals surface area contributed by atoms with Crippen molar-refractivity contribution in [2.45, 2.75) is 6.92 Å². The number of rotatable bonds is 3. The van der Waals surface area contributed by atoms with Crippen LogP contribution in [-0.2, 0) is 9.53 Å². The van der Waals surface area contributed by atoms with Gasteiger partial charge in [-0.1, -0.05) is 30.3 Å². The lowest BCUT2D eigenvalue weighted by atomic mass is 9.98. The third-order valence-electron chi connectivity index (χ3n) is 3.07. The van der Waals surface area contributed by atoms with Crippen molar-refractivity contribution >= 4 is 28.8 Å². The van der Waals surface area contributed by atoms with E-state index in [0.29, 0.717) is 11.0 Å². The van der Waals surface area contributed by atoms with Gasteiger partial charge in [0.1, 0.15) is 0 Å². The van der Waals surface area contributed by atoms with E-state index in [1.54, 1.807) is 37.3 Å². The second kappa shape index (κ2) is 5.57. The van der Waals surface area contributed by atoms with Gasteiger partial charge in [-0.15, -0.1) is 0 Å². The van der Waals surface area contributed by atoms with Gasteiger partial charge in [0.25, 0.3) is 0 Å². The number of benzene rings is 2. The van der Waals surface area contributed by atoms with Gasteiger partial charge in [0.2, 0.25) is 0 Å². The van der Waals surface area contributed by atoms with Gasteiger partial charge in [-0.2, -0.15) is 0 Å². The first-order valence-electron chi connectivity index (χ1n) is 6.06. The van der Waals surface area contributed by atoms with Gasteiger partial charge in [-0.3, -0.25) is 0 Å². The van der Waals surface area contributed by atoms with Crippen molar-refractivity contribution in [3.8, 4) is 0 Å². The molecule has 0 fully saturated rings. The average molecular weight is 270 g/mol. The maximum atomic E-state index is 11.4. The molecule has 4 nitrogen and oxygen atoms in total. The summed E-state index contributed by atoms with van der Waals surface area (Å²) in [6.07, 6.45) is 1.69. The van der Waals surface area contributed by atoms with E-state index in [9.17, 15) is 14.7 Å². The zero-order chi connectivity index (χ0) is 14.7. The Morgan fingerprint density at radius 1 is 1.10 bits per heavy atom. The second-order valence-corrected chi connectivity index (χ2v) is 4.37. The first kappa shape index (κ1) is 13.8. The van der Waals surface area contributed by atoms with Crippen LogP contribution in [0.3, 0.4) is 0 Å². The molecule has 2 aromatic carbocycles. The molecule has 0 radical (unpaired) electrons. The maximum Gasteiger partial charge on any atom is 0.336 e. The SMILES string of the molecule is COC(=O)C(C)=Cc1ccc(C(=O)O)c2ccccc12. The van der Waals surface area contributed by atoms with Crippen molar-refractivity contribution in [2.24, 2.45) is 0 Å². The lowest BCUT2D eigenvalue weighted by Gasteiger charge is -2.07. The molecule has 0 saturated heterocycles. The summed E-state index contributed by atoms with van der Waals surface area (Å²) in [5, 5.41) is 10.6. The third-order valence-corrected chi connectivity index (χ3v) is 3.07. The average Bonchev–Trinajstić information content (AvgIpc) is 2.46. The van der Waals surface area contributed by atoms with Gasteiger partial charge in [-0.05, 0) is 35.4 Å². The normalized spacial score (nSPS) is 11.4. The molecule has 0 spiro atoms. The highest BCUT2D eigenvalue weighted by Gasteiger charge is 2.11. The van der Waals surface area contributed by atoms with E-state index in [2.05, 4.69) is 4.74 Å². The first-order valence-corrected chi connectivity index (χ1v) is 6.06. The van der Waals surface area contributed by atoms with E-state index in [1.807, 2.05) is 12.1 Å². The maximum absolute atomic E-state index is 11.4. The summed E-state index contributed by atoms with van der Waals surface area (Å²) >= 11 is 0. The zero-order valence-electron chi connectivity index (χ0n) is 11.2. The fourth-order valence-corrected chi connectivity index (χ4v) is 2.09. The van der Waals surface area contributed by atoms with Gasteiger partial charge in [0.15, 0.2) is 0 Å². The van der Waals surface area contributed by atoms with Crippen LogP contribution < -0.4 is 0 Å². The molecular weight excluding hydrogens is 256 g/mol. The van der Waals surface area contributed by atoms with Crippen LogP contribution in [0.1, 0.15) is 22.8 Å². The van der Waals surface area contributed by atoms with E-state index in [0.717, 1.165) is 10.9 Å². The van der Waals surface area contributed by atoms with Crippen LogP contribution >= 0.6 is 0 Å². The highest BCUT2D eigenvalue weighted by molar-refractivity contribution is 6.07. The number of carboxylic acids is 1. The number of fused-ring (bicyclic) bond motifs is 1. The van der Waals surface area contributed by atoms with E-state index in [4.69, 9.17) is 0 Å². The lowest BCUT2D eigenvalue weighted by Crippen LogP contribution is -2.02. The zero-order valence-corrected chi connectivity index (χ0v) is 11.2. The largest absolute Gasteiger partial charge is 0.478 e. The van der Waals surface area contributed by atoms with Gasteiger partial charge < -0.3 is 9.84 Å². The Kier molecular flexibility index (Phi) is 3.84. The molecule has 0 heterocycles. The summed E-state index contributed by atoms with van der Waals surface area (Å²) in [6, 6.07) is 10.4. The molecule has 102 valence electrons. The third kappa shape index (κ3) is 2.54. The fourth-order valence-electron chi connectivity index (χ4n) is 2.09. The lowest BCUT2D eigenvalue weighted by molar-refractivity contribution is -0.135. The topological polar surface area (TPSA) is 63.6 Å². The van der Waals surface area contributed by atoms with Crippen molar-refractivity contribution < 1.29 is 19.4 Å². The van der Waals surface area contributed by atoms with Crippen LogP contribution in [-0.4, -0.2) is 24.2 Å². The number of ether oxygens (including phenoxy) is 1. The number of hydrogen-bond donors (Lipinski definition) is 1. The molecule has 0 bridgehead atoms. The predicted octanol–water partition coefficient (Wildman–Crippen LogP) is 3.11. The van der Waals surface area contributed by atoms with Gasteiger partial charge >= 0.3 is 11.9 Å². The number of carbonyl (C=O) groups is 2. The molecule has 0 saturated carbocycles. The minimum absolute atomic E-state index is 0.244. The van der Waals surface area contributed by atoms with Crippen LogP contribution in [0.2, 0.25) is 0 Å². The number of methoxy groups -OCH3 is 1. The van der Waals surface area contributed by atoms with E-state index in [-0.39, 0.29) is 5.56 Å². The Hall–Kier alpha value is -2.62. The fraction of sp³-hybridized carbons (Fsp3) is 0.125. The van der Waals surface area contributed by atoms with Crippen LogP contribution in [0.15, 0.2) is 42.0 Å². The van der Waals surface area contributed by atoms with Crippen molar-refractivity contribution in [2.75, 3.05) is 7.11 Å². The molecule has 0 aliphatic carbocycles. The Morgan fingerprint density at radius 3 is 2.35 bits per heavy atom. The minimum atomic E-state index is -0.971. The van der Waals surface area contributed by atoms with Crippen LogP contribution in [0, 0.1) is 0 Å². The van der Waals surface area contributed by atoms with Crippen LogP contribution in [0.4, 0.5) is 0 Å². The van der Waals surface area contributed by atoms with E-state index >= 15 is 0 Å². The Bertz CT molecular complexity index is 713. The van der Waals surface area contributed by atoms with E-state index in [1.165, 1.54) is 7.11 Å². The summed E-state index contributed by atoms with van der Waals surface area (Å²) in [6.45, 7) is 1.66. The second-order valence-electron chi connectivity index (χ2n) is 4.37. The van der Waals surface area contributed by atoms with Crippen LogP contribution in [0.5, 0.6) is 0 Å². The summed E-state index contributed by atoms with van der Waals surface area (Å²) in [7, 11) is 1.32. The van der Waals surface area contributed by atoms with Crippen molar-refractivity contribution in [3.63, 3.8) is 0 Å². The van der Waals surface area contributed by atoms with Gasteiger partial charge in [0.05, 0.1) is 12.7 Å². The molecular formula is C16H14O4. The molecule has 0 aromatic heterocycles. The van der Waals surface area contributed by atoms with Crippen molar-refractivity contribution in [3.05, 3.63) is 53.1 Å². The Morgan fingerprint density at radius 2 is 1.75 bits per heavy atom. The number of carbonyl (C=O) groups excluding carboxylic acids is 1. The molecule has 2 aromatic rings. The number of hydrogen-bond acceptors (Lipinski definition) is 3. The first-order chi connectivity index (χ1) is 9.54. The molecule has 1 N–H and O–H groups in total. The number of aromatic carboxylic acids is 1. The van der Waals surface area contributed by atoms with Crippen molar-refractivity contribution in [1.29, 1.82) is 0 Å².